The van der Waals surface area contributed by atoms with Crippen LogP contribution >= 0.6 is 0 Å². The van der Waals surface area contributed by atoms with Crippen LogP contribution in [0.15, 0.2) is 54.6 Å². The van der Waals surface area contributed by atoms with Crippen molar-refractivity contribution in [2.24, 2.45) is 0 Å². The Morgan fingerprint density at radius 1 is 1.07 bits per heavy atom. The molecule has 0 saturated carbocycles. The van der Waals surface area contributed by atoms with Gasteiger partial charge in [0.2, 0.25) is 0 Å². The molecule has 0 radical (unpaired) electrons. The fourth-order valence-electron chi connectivity index (χ4n) is 3.62. The van der Waals surface area contributed by atoms with Crippen LogP contribution in [0.2, 0.25) is 0 Å². The fourth-order valence-corrected chi connectivity index (χ4v) is 3.62. The van der Waals surface area contributed by atoms with Gasteiger partial charge in [0.05, 0.1) is 24.5 Å². The number of esters is 1. The Labute approximate surface area is 169 Å². The number of aromatic nitrogens is 2. The Bertz CT molecular complexity index is 1040. The Morgan fingerprint density at radius 2 is 1.79 bits per heavy atom. The molecule has 1 aromatic heterocycles. The van der Waals surface area contributed by atoms with E-state index in [1.54, 1.807) is 16.5 Å². The highest BCUT2D eigenvalue weighted by Gasteiger charge is 2.31. The van der Waals surface area contributed by atoms with E-state index in [1.165, 1.54) is 0 Å². The molecule has 6 nitrogen and oxygen atoms in total. The van der Waals surface area contributed by atoms with E-state index in [-0.39, 0.29) is 18.2 Å². The van der Waals surface area contributed by atoms with Crippen molar-refractivity contribution in [3.63, 3.8) is 0 Å². The third-order valence-electron chi connectivity index (χ3n) is 5.11. The maximum atomic E-state index is 13.0. The minimum absolute atomic E-state index is 0.0436. The maximum absolute atomic E-state index is 13.0. The smallest absolute Gasteiger partial charge is 0.359 e. The van der Waals surface area contributed by atoms with Gasteiger partial charge in [-0.2, -0.15) is 5.10 Å². The molecule has 0 bridgehead atoms. The number of carbonyl (C=O) groups excluding carboxylic acids is 2. The van der Waals surface area contributed by atoms with Gasteiger partial charge in [0.1, 0.15) is 0 Å². The summed E-state index contributed by atoms with van der Waals surface area (Å²) in [5.74, 6) is -0.499. The van der Waals surface area contributed by atoms with Gasteiger partial charge in [0, 0.05) is 24.1 Å². The molecular formula is C23H23N3O3. The highest BCUT2D eigenvalue weighted by Crippen LogP contribution is 2.27. The van der Waals surface area contributed by atoms with Crippen molar-refractivity contribution >= 4 is 11.9 Å². The van der Waals surface area contributed by atoms with Gasteiger partial charge in [-0.15, -0.1) is 0 Å². The average Bonchev–Trinajstić information content (AvgIpc) is 3.13. The molecule has 0 fully saturated rings. The largest absolute Gasteiger partial charge is 0.461 e. The fraction of sp³-hybridized carbons (Fsp3) is 0.261. The number of rotatable bonds is 4. The molecular weight excluding hydrogens is 366 g/mol. The van der Waals surface area contributed by atoms with Crippen LogP contribution < -0.4 is 0 Å². The van der Waals surface area contributed by atoms with E-state index in [0.29, 0.717) is 25.1 Å². The van der Waals surface area contributed by atoms with Gasteiger partial charge in [0.25, 0.3) is 5.91 Å². The summed E-state index contributed by atoms with van der Waals surface area (Å²) in [6.45, 7) is 4.94. The molecule has 0 N–H and O–H groups in total. The van der Waals surface area contributed by atoms with Crippen LogP contribution in [0.5, 0.6) is 0 Å². The second-order valence-electron chi connectivity index (χ2n) is 7.08. The lowest BCUT2D eigenvalue weighted by atomic mass is 10.0. The molecule has 0 saturated heterocycles. The molecule has 0 aliphatic carbocycles. The predicted molar refractivity (Wildman–Crippen MR) is 109 cm³/mol. The van der Waals surface area contributed by atoms with Gasteiger partial charge in [-0.1, -0.05) is 35.9 Å². The first-order chi connectivity index (χ1) is 14.1. The maximum Gasteiger partial charge on any atom is 0.359 e. The molecule has 2 heterocycles. The van der Waals surface area contributed by atoms with Gasteiger partial charge in [0.15, 0.2) is 5.69 Å². The Kier molecular flexibility index (Phi) is 5.16. The summed E-state index contributed by atoms with van der Waals surface area (Å²) in [7, 11) is 0. The number of hydrogen-bond donors (Lipinski definition) is 0. The molecule has 4 rings (SSSR count). The minimum Gasteiger partial charge on any atom is -0.461 e. The minimum atomic E-state index is -0.455. The zero-order valence-electron chi connectivity index (χ0n) is 16.6. The van der Waals surface area contributed by atoms with E-state index >= 15 is 0 Å². The number of hydrogen-bond acceptors (Lipinski definition) is 4. The first kappa shape index (κ1) is 18.9. The number of amides is 1. The van der Waals surface area contributed by atoms with Gasteiger partial charge < -0.3 is 9.64 Å². The highest BCUT2D eigenvalue weighted by molar-refractivity contribution is 5.95. The van der Waals surface area contributed by atoms with Crippen molar-refractivity contribution in [3.05, 3.63) is 82.7 Å². The average molecular weight is 389 g/mol. The van der Waals surface area contributed by atoms with Gasteiger partial charge in [-0.25, -0.2) is 9.48 Å². The van der Waals surface area contributed by atoms with E-state index < -0.39 is 5.97 Å². The molecule has 0 atom stereocenters. The normalized spacial score (nSPS) is 13.1. The zero-order valence-corrected chi connectivity index (χ0v) is 16.6. The Hall–Kier alpha value is -3.41. The van der Waals surface area contributed by atoms with E-state index in [2.05, 4.69) is 5.10 Å². The quantitative estimate of drug-likeness (QED) is 0.640. The van der Waals surface area contributed by atoms with Crippen molar-refractivity contribution in [2.75, 3.05) is 13.2 Å². The molecule has 1 aliphatic rings. The topological polar surface area (TPSA) is 64.4 Å². The monoisotopic (exact) mass is 389 g/mol. The third-order valence-corrected chi connectivity index (χ3v) is 5.11. The number of ether oxygens (including phenoxy) is 1. The van der Waals surface area contributed by atoms with Crippen molar-refractivity contribution in [2.45, 2.75) is 26.8 Å². The number of fused-ring (bicyclic) bond motifs is 1. The first-order valence-corrected chi connectivity index (χ1v) is 9.77. The van der Waals surface area contributed by atoms with Gasteiger partial charge in [-0.05, 0) is 38.1 Å². The van der Waals surface area contributed by atoms with Crippen molar-refractivity contribution in [3.8, 4) is 5.69 Å². The molecule has 1 aliphatic heterocycles. The van der Waals surface area contributed by atoms with E-state index in [9.17, 15) is 9.59 Å². The van der Waals surface area contributed by atoms with Gasteiger partial charge in [-0.3, -0.25) is 4.79 Å². The van der Waals surface area contributed by atoms with Crippen molar-refractivity contribution in [1.82, 2.24) is 14.7 Å². The molecule has 0 unspecified atom stereocenters. The zero-order chi connectivity index (χ0) is 20.4. The van der Waals surface area contributed by atoms with Crippen LogP contribution in [-0.2, 0) is 17.7 Å². The van der Waals surface area contributed by atoms with Crippen molar-refractivity contribution in [1.29, 1.82) is 0 Å². The second-order valence-corrected chi connectivity index (χ2v) is 7.08. The van der Waals surface area contributed by atoms with E-state index in [0.717, 1.165) is 22.5 Å². The molecule has 3 aromatic rings. The molecule has 148 valence electrons. The third kappa shape index (κ3) is 3.66. The van der Waals surface area contributed by atoms with E-state index in [4.69, 9.17) is 4.74 Å². The summed E-state index contributed by atoms with van der Waals surface area (Å²) in [4.78, 5) is 27.3. The highest BCUT2D eigenvalue weighted by atomic mass is 16.5. The Balaban J connectivity index is 1.70. The van der Waals surface area contributed by atoms with Crippen LogP contribution in [0.3, 0.4) is 0 Å². The van der Waals surface area contributed by atoms with Crippen LogP contribution in [0.4, 0.5) is 0 Å². The Morgan fingerprint density at radius 3 is 2.48 bits per heavy atom. The van der Waals surface area contributed by atoms with Crippen LogP contribution in [0.25, 0.3) is 5.69 Å². The van der Waals surface area contributed by atoms with Crippen LogP contribution in [0.1, 0.15) is 44.6 Å². The van der Waals surface area contributed by atoms with Crippen LogP contribution in [0, 0.1) is 6.92 Å². The SMILES string of the molecule is CCOC(=O)c1nn(-c2ccccc2)c2c1CN(C(=O)c1ccc(C)cc1)CC2. The standard InChI is InChI=1S/C23H23N3O3/c1-3-29-23(28)21-19-15-25(22(27)17-11-9-16(2)10-12-17)14-13-20(19)26(24-21)18-7-5-4-6-8-18/h4-12H,3,13-15H2,1-2H3. The first-order valence-electron chi connectivity index (χ1n) is 9.77. The predicted octanol–water partition coefficient (Wildman–Crippen LogP) is 3.56. The molecule has 6 heteroatoms. The van der Waals surface area contributed by atoms with E-state index in [1.807, 2.05) is 61.5 Å². The molecule has 29 heavy (non-hydrogen) atoms. The molecule has 1 amide bonds. The summed E-state index contributed by atoms with van der Waals surface area (Å²) < 4.78 is 7.02. The van der Waals surface area contributed by atoms with Crippen LogP contribution in [-0.4, -0.2) is 39.7 Å². The summed E-state index contributed by atoms with van der Waals surface area (Å²) >= 11 is 0. The lowest BCUT2D eigenvalue weighted by Crippen LogP contribution is -2.36. The molecule has 0 spiro atoms. The number of carbonyl (C=O) groups is 2. The summed E-state index contributed by atoms with van der Waals surface area (Å²) in [5, 5.41) is 4.56. The summed E-state index contributed by atoms with van der Waals surface area (Å²) in [5.41, 5.74) is 4.64. The molecule has 2 aromatic carbocycles. The lowest BCUT2D eigenvalue weighted by molar-refractivity contribution is 0.0513. The number of nitrogens with zero attached hydrogens (tertiary/aromatic N) is 3. The number of benzene rings is 2. The number of aryl methyl sites for hydroxylation is 1. The van der Waals surface area contributed by atoms with Gasteiger partial charge >= 0.3 is 5.97 Å². The lowest BCUT2D eigenvalue weighted by Gasteiger charge is -2.28. The second kappa shape index (κ2) is 7.91. The number of para-hydroxylation sites is 1. The summed E-state index contributed by atoms with van der Waals surface area (Å²) in [6, 6.07) is 17.2. The van der Waals surface area contributed by atoms with Crippen molar-refractivity contribution < 1.29 is 14.3 Å². The summed E-state index contributed by atoms with van der Waals surface area (Å²) in [6.07, 6.45) is 0.619.